The Morgan fingerprint density at radius 2 is 1.60 bits per heavy atom. The van der Waals surface area contributed by atoms with E-state index in [0.717, 1.165) is 24.3 Å². The first kappa shape index (κ1) is 27.4. The Morgan fingerprint density at radius 1 is 0.975 bits per heavy atom. The topological polar surface area (TPSA) is 104 Å². The maximum absolute atomic E-state index is 14.4. The minimum atomic E-state index is -1.37. The number of benzene rings is 2. The molecule has 2 N–H and O–H groups in total. The summed E-state index contributed by atoms with van der Waals surface area (Å²) in [6.45, 7) is 3.40. The third kappa shape index (κ3) is 4.61. The molecule has 12 heteroatoms. The fourth-order valence-electron chi connectivity index (χ4n) is 5.05. The van der Waals surface area contributed by atoms with Crippen molar-refractivity contribution in [2.24, 2.45) is 5.92 Å². The molecule has 0 bridgehead atoms. The first-order valence-corrected chi connectivity index (χ1v) is 12.7. The highest BCUT2D eigenvalue weighted by atomic mass is 19.2. The quantitative estimate of drug-likeness (QED) is 0.244. The predicted octanol–water partition coefficient (Wildman–Crippen LogP) is 5.39. The Kier molecular flexibility index (Phi) is 7.13. The average Bonchev–Trinajstić information content (AvgIpc) is 3.32. The van der Waals surface area contributed by atoms with Crippen LogP contribution in [-0.4, -0.2) is 40.4 Å². The minimum Gasteiger partial charge on any atom is -0.429 e. The number of likely N-dealkylation sites (N-methyl/N-ethyl adjacent to an activating group) is 1. The number of pyridine rings is 1. The summed E-state index contributed by atoms with van der Waals surface area (Å²) in [6, 6.07) is 3.87. The van der Waals surface area contributed by atoms with Crippen molar-refractivity contribution in [3.8, 4) is 0 Å². The van der Waals surface area contributed by atoms with Gasteiger partial charge in [0.2, 0.25) is 6.29 Å². The lowest BCUT2D eigenvalue weighted by Gasteiger charge is -2.36. The van der Waals surface area contributed by atoms with Gasteiger partial charge in [0.1, 0.15) is 5.69 Å². The molecule has 2 aromatic carbocycles. The van der Waals surface area contributed by atoms with Crippen LogP contribution in [-0.2, 0) is 14.3 Å². The molecule has 0 aliphatic carbocycles. The van der Waals surface area contributed by atoms with Gasteiger partial charge in [-0.2, -0.15) is 0 Å². The van der Waals surface area contributed by atoms with Crippen LogP contribution in [0.1, 0.15) is 60.8 Å². The Morgan fingerprint density at radius 3 is 2.27 bits per heavy atom. The van der Waals surface area contributed by atoms with Crippen LogP contribution in [0.25, 0.3) is 21.7 Å². The molecule has 0 radical (unpaired) electrons. The second-order valence-electron chi connectivity index (χ2n) is 9.68. The lowest BCUT2D eigenvalue weighted by molar-refractivity contribution is -0.193. The van der Waals surface area contributed by atoms with Crippen molar-refractivity contribution in [2.45, 2.75) is 39.0 Å². The number of H-pyrrole nitrogens is 2. The number of aromatic nitrogens is 2. The normalized spacial score (nSPS) is 16.9. The van der Waals surface area contributed by atoms with Crippen LogP contribution >= 0.6 is 0 Å². The van der Waals surface area contributed by atoms with Gasteiger partial charge in [-0.3, -0.25) is 14.4 Å². The largest absolute Gasteiger partial charge is 0.429 e. The zero-order valence-electron chi connectivity index (χ0n) is 21.7. The maximum atomic E-state index is 14.4. The fraction of sp³-hybridized carbons (Fsp3) is 0.321. The second kappa shape index (κ2) is 10.4. The second-order valence-corrected chi connectivity index (χ2v) is 9.68. The van der Waals surface area contributed by atoms with Crippen molar-refractivity contribution < 1.29 is 36.6 Å². The van der Waals surface area contributed by atoms with E-state index in [1.54, 1.807) is 0 Å². The number of amides is 1. The molecule has 3 heterocycles. The molecule has 2 atom stereocenters. The van der Waals surface area contributed by atoms with Crippen molar-refractivity contribution in [3.63, 3.8) is 0 Å². The molecule has 8 nitrogen and oxygen atoms in total. The number of hydrogen-bond acceptors (Lipinski definition) is 5. The molecule has 0 spiro atoms. The summed E-state index contributed by atoms with van der Waals surface area (Å²) in [4.78, 5) is 45.7. The predicted molar refractivity (Wildman–Crippen MR) is 136 cm³/mol. The van der Waals surface area contributed by atoms with Gasteiger partial charge in [0.05, 0.1) is 29.6 Å². The van der Waals surface area contributed by atoms with Gasteiger partial charge in [-0.1, -0.05) is 13.8 Å². The smallest absolute Gasteiger partial charge is 0.311 e. The summed E-state index contributed by atoms with van der Waals surface area (Å²) < 4.78 is 67.3. The highest BCUT2D eigenvalue weighted by Crippen LogP contribution is 2.39. The SMILES string of the molecule is CCC(CC)C(=O)O[C@H]1OC[C@@H](N(C)C(=O)c2cc3cc(F)c(F)cc3[nH]2)c2c1[nH]c(=O)c1cc(F)c(F)cc21. The van der Waals surface area contributed by atoms with E-state index in [1.807, 2.05) is 13.8 Å². The Labute approximate surface area is 224 Å². The van der Waals surface area contributed by atoms with E-state index in [9.17, 15) is 31.9 Å². The number of nitrogens with zero attached hydrogens (tertiary/aromatic N) is 1. The molecule has 4 aromatic rings. The van der Waals surface area contributed by atoms with Crippen molar-refractivity contribution in [1.29, 1.82) is 0 Å². The number of carbonyl (C=O) groups excluding carboxylic acids is 2. The number of aromatic amines is 2. The standard InChI is InChI=1S/C28H25F4N3O5/c1-4-12(5-2)27(38)40-28-24-23(14-8-17(30)18(31)9-15(14)25(36)34-24)22(11-39-28)35(3)26(37)21-7-13-6-16(29)19(32)10-20(13)33-21/h6-10,12,22,28,33H,4-5,11H2,1-3H3,(H,34,36)/t22-,28-/m1/s1. The Balaban J connectivity index is 1.61. The molecule has 5 rings (SSSR count). The number of hydrogen-bond donors (Lipinski definition) is 2. The van der Waals surface area contributed by atoms with E-state index in [4.69, 9.17) is 9.47 Å². The van der Waals surface area contributed by atoms with Crippen LogP contribution in [0.5, 0.6) is 0 Å². The third-order valence-electron chi connectivity index (χ3n) is 7.33. The number of fused-ring (bicyclic) bond motifs is 4. The van der Waals surface area contributed by atoms with Crippen LogP contribution in [0.15, 0.2) is 35.1 Å². The van der Waals surface area contributed by atoms with Crippen molar-refractivity contribution in [2.75, 3.05) is 13.7 Å². The molecular weight excluding hydrogens is 534 g/mol. The number of ether oxygens (including phenoxy) is 2. The first-order chi connectivity index (χ1) is 19.0. The van der Waals surface area contributed by atoms with Crippen LogP contribution in [0.4, 0.5) is 17.6 Å². The minimum absolute atomic E-state index is 0.00251. The van der Waals surface area contributed by atoms with Crippen molar-refractivity contribution in [1.82, 2.24) is 14.9 Å². The average molecular weight is 560 g/mol. The molecule has 1 aliphatic rings. The molecule has 0 fully saturated rings. The lowest BCUT2D eigenvalue weighted by Crippen LogP contribution is -2.40. The van der Waals surface area contributed by atoms with Crippen LogP contribution < -0.4 is 5.56 Å². The van der Waals surface area contributed by atoms with Gasteiger partial charge in [-0.25, -0.2) is 17.6 Å². The summed E-state index contributed by atoms with van der Waals surface area (Å²) in [5, 5.41) is 0.0960. The summed E-state index contributed by atoms with van der Waals surface area (Å²) in [6.07, 6.45) is -0.357. The van der Waals surface area contributed by atoms with Gasteiger partial charge >= 0.3 is 5.97 Å². The monoisotopic (exact) mass is 559 g/mol. The number of carbonyl (C=O) groups is 2. The number of nitrogens with one attached hydrogen (secondary N) is 2. The van der Waals surface area contributed by atoms with Gasteiger partial charge in [0.15, 0.2) is 23.3 Å². The summed E-state index contributed by atoms with van der Waals surface area (Å²) >= 11 is 0. The lowest BCUT2D eigenvalue weighted by atomic mass is 9.94. The summed E-state index contributed by atoms with van der Waals surface area (Å²) in [5.41, 5.74) is -0.395. The van der Waals surface area contributed by atoms with Gasteiger partial charge < -0.3 is 24.3 Å². The van der Waals surface area contributed by atoms with Gasteiger partial charge in [0, 0.05) is 29.6 Å². The van der Waals surface area contributed by atoms with E-state index in [-0.39, 0.29) is 45.2 Å². The zero-order valence-corrected chi connectivity index (χ0v) is 21.7. The maximum Gasteiger partial charge on any atom is 0.311 e. The van der Waals surface area contributed by atoms with E-state index >= 15 is 0 Å². The highest BCUT2D eigenvalue weighted by Gasteiger charge is 2.38. The van der Waals surface area contributed by atoms with E-state index in [1.165, 1.54) is 18.0 Å². The van der Waals surface area contributed by atoms with Gasteiger partial charge in [0.25, 0.3) is 11.5 Å². The number of halogens is 4. The Bertz CT molecular complexity index is 1670. The van der Waals surface area contributed by atoms with Crippen LogP contribution in [0, 0.1) is 29.2 Å². The number of rotatable bonds is 6. The van der Waals surface area contributed by atoms with Crippen molar-refractivity contribution in [3.05, 3.63) is 80.9 Å². The van der Waals surface area contributed by atoms with E-state index in [0.29, 0.717) is 12.8 Å². The van der Waals surface area contributed by atoms with Crippen molar-refractivity contribution >= 4 is 33.6 Å². The fourth-order valence-corrected chi connectivity index (χ4v) is 5.05. The molecule has 0 saturated carbocycles. The molecule has 0 saturated heterocycles. The molecule has 40 heavy (non-hydrogen) atoms. The zero-order chi connectivity index (χ0) is 28.9. The summed E-state index contributed by atoms with van der Waals surface area (Å²) in [7, 11) is 1.42. The van der Waals surface area contributed by atoms with E-state index in [2.05, 4.69) is 9.97 Å². The Hall–Kier alpha value is -4.19. The van der Waals surface area contributed by atoms with Crippen LogP contribution in [0.2, 0.25) is 0 Å². The molecule has 2 aromatic heterocycles. The molecule has 1 aliphatic heterocycles. The highest BCUT2D eigenvalue weighted by molar-refractivity contribution is 5.98. The summed E-state index contributed by atoms with van der Waals surface area (Å²) in [5.74, 6) is -6.23. The first-order valence-electron chi connectivity index (χ1n) is 12.7. The molecule has 1 amide bonds. The number of esters is 1. The van der Waals surface area contributed by atoms with Gasteiger partial charge in [-0.15, -0.1) is 0 Å². The van der Waals surface area contributed by atoms with E-state index < -0.39 is 59.0 Å². The molecule has 0 unspecified atom stereocenters. The van der Waals surface area contributed by atoms with Crippen LogP contribution in [0.3, 0.4) is 0 Å². The third-order valence-corrected chi connectivity index (χ3v) is 7.33. The van der Waals surface area contributed by atoms with Gasteiger partial charge in [-0.05, 0) is 42.5 Å². The molecular formula is C28H25F4N3O5. The molecule has 210 valence electrons.